The normalized spacial score (nSPS) is 8.31. The Morgan fingerprint density at radius 1 is 1.08 bits per heavy atom. The standard InChI is InChI=1S/2C3H7P.H2O4S/c2*1-2-3-4;1-5(2,3)4/h2*2H,1,3-4H2;(H2,1,2,3,4). The molecule has 2 N–H and O–H groups in total. The Hall–Kier alpha value is 0.210. The molecule has 0 bridgehead atoms. The van der Waals surface area contributed by atoms with Gasteiger partial charge in [-0.3, -0.25) is 9.11 Å². The van der Waals surface area contributed by atoms with Gasteiger partial charge in [-0.15, -0.1) is 31.6 Å². The number of rotatable bonds is 2. The van der Waals surface area contributed by atoms with Crippen molar-refractivity contribution in [3.8, 4) is 0 Å². The third kappa shape index (κ3) is 261. The first-order valence-corrected chi connectivity index (χ1v) is 6.18. The molecule has 0 heterocycles. The van der Waals surface area contributed by atoms with Gasteiger partial charge in [0, 0.05) is 0 Å². The minimum absolute atomic E-state index is 1.00. The van der Waals surface area contributed by atoms with Crippen LogP contribution in [0.25, 0.3) is 0 Å². The second-order valence-electron chi connectivity index (χ2n) is 1.50. The Bertz CT molecular complexity index is 185. The van der Waals surface area contributed by atoms with E-state index in [9.17, 15) is 0 Å². The summed E-state index contributed by atoms with van der Waals surface area (Å²) in [6.07, 6.45) is 5.68. The zero-order valence-corrected chi connectivity index (χ0v) is 10.4. The monoisotopic (exact) mass is 246 g/mol. The van der Waals surface area contributed by atoms with Crippen LogP contribution in [-0.4, -0.2) is 29.8 Å². The van der Waals surface area contributed by atoms with E-state index >= 15 is 0 Å². The summed E-state index contributed by atoms with van der Waals surface area (Å²) >= 11 is 0. The van der Waals surface area contributed by atoms with Crippen LogP contribution in [0, 0.1) is 0 Å². The van der Waals surface area contributed by atoms with Crippen molar-refractivity contribution >= 4 is 28.9 Å². The Labute approximate surface area is 84.5 Å². The zero-order valence-electron chi connectivity index (χ0n) is 7.26. The van der Waals surface area contributed by atoms with Crippen molar-refractivity contribution in [2.45, 2.75) is 0 Å². The van der Waals surface area contributed by atoms with Crippen molar-refractivity contribution in [2.75, 3.05) is 12.3 Å². The molecule has 80 valence electrons. The van der Waals surface area contributed by atoms with Crippen LogP contribution in [0.1, 0.15) is 0 Å². The number of hydrogen-bond donors (Lipinski definition) is 2. The van der Waals surface area contributed by atoms with Crippen LogP contribution in [-0.2, 0) is 10.4 Å². The molecule has 0 saturated carbocycles. The summed E-state index contributed by atoms with van der Waals surface area (Å²) in [6.45, 7) is 6.92. The van der Waals surface area contributed by atoms with Gasteiger partial charge < -0.3 is 0 Å². The quantitative estimate of drug-likeness (QED) is 0.439. The minimum atomic E-state index is -4.67. The lowest BCUT2D eigenvalue weighted by Gasteiger charge is -1.68. The predicted octanol–water partition coefficient (Wildman–Crippen LogP) is 1.44. The van der Waals surface area contributed by atoms with E-state index in [4.69, 9.17) is 17.5 Å². The summed E-state index contributed by atoms with van der Waals surface area (Å²) in [5.41, 5.74) is 0. The lowest BCUT2D eigenvalue weighted by Crippen LogP contribution is -1.89. The highest BCUT2D eigenvalue weighted by Gasteiger charge is 1.84. The van der Waals surface area contributed by atoms with Gasteiger partial charge in [-0.25, -0.2) is 0 Å². The van der Waals surface area contributed by atoms with Crippen LogP contribution in [0.5, 0.6) is 0 Å². The summed E-state index contributed by atoms with van der Waals surface area (Å²) in [4.78, 5) is 0. The van der Waals surface area contributed by atoms with Gasteiger partial charge in [-0.1, -0.05) is 12.2 Å². The molecular formula is C6H16O4P2S. The van der Waals surface area contributed by atoms with Gasteiger partial charge in [0.25, 0.3) is 0 Å². The molecule has 0 rings (SSSR count). The van der Waals surface area contributed by atoms with Crippen LogP contribution < -0.4 is 0 Å². The van der Waals surface area contributed by atoms with Crippen molar-refractivity contribution in [1.29, 1.82) is 0 Å². The largest absolute Gasteiger partial charge is 0.394 e. The van der Waals surface area contributed by atoms with E-state index in [0.717, 1.165) is 12.3 Å². The Morgan fingerprint density at radius 2 is 1.15 bits per heavy atom. The highest BCUT2D eigenvalue weighted by molar-refractivity contribution is 7.79. The molecule has 0 saturated heterocycles. The smallest absolute Gasteiger partial charge is 0.264 e. The maximum Gasteiger partial charge on any atom is 0.394 e. The second kappa shape index (κ2) is 14.7. The van der Waals surface area contributed by atoms with Crippen molar-refractivity contribution in [3.05, 3.63) is 25.3 Å². The Kier molecular flexibility index (Phi) is 21.4. The van der Waals surface area contributed by atoms with Gasteiger partial charge in [0.15, 0.2) is 0 Å². The average Bonchev–Trinajstić information content (AvgIpc) is 2.01. The molecular weight excluding hydrogens is 230 g/mol. The molecule has 7 heteroatoms. The van der Waals surface area contributed by atoms with Crippen LogP contribution >= 0.6 is 18.5 Å². The molecule has 13 heavy (non-hydrogen) atoms. The van der Waals surface area contributed by atoms with Crippen molar-refractivity contribution in [3.63, 3.8) is 0 Å². The first-order chi connectivity index (χ1) is 5.83. The lowest BCUT2D eigenvalue weighted by molar-refractivity contribution is 0.381. The van der Waals surface area contributed by atoms with E-state index in [1.54, 1.807) is 0 Å². The van der Waals surface area contributed by atoms with Crippen molar-refractivity contribution < 1.29 is 17.5 Å². The van der Waals surface area contributed by atoms with Gasteiger partial charge in [0.1, 0.15) is 0 Å². The Morgan fingerprint density at radius 3 is 1.15 bits per heavy atom. The molecule has 0 amide bonds. The van der Waals surface area contributed by atoms with E-state index in [1.807, 2.05) is 12.2 Å². The molecule has 0 spiro atoms. The summed E-state index contributed by atoms with van der Waals surface area (Å²) in [6, 6.07) is 0. The maximum absolute atomic E-state index is 8.74. The molecule has 2 unspecified atom stereocenters. The highest BCUT2D eigenvalue weighted by Crippen LogP contribution is 1.74. The predicted molar refractivity (Wildman–Crippen MR) is 63.7 cm³/mol. The van der Waals surface area contributed by atoms with Gasteiger partial charge >= 0.3 is 10.4 Å². The minimum Gasteiger partial charge on any atom is -0.264 e. The van der Waals surface area contributed by atoms with Crippen LogP contribution in [0.4, 0.5) is 0 Å². The van der Waals surface area contributed by atoms with E-state index < -0.39 is 10.4 Å². The molecule has 0 aromatic heterocycles. The number of hydrogen-bond acceptors (Lipinski definition) is 2. The van der Waals surface area contributed by atoms with E-state index in [0.29, 0.717) is 0 Å². The molecule has 0 aliphatic carbocycles. The van der Waals surface area contributed by atoms with Crippen LogP contribution in [0.2, 0.25) is 0 Å². The molecule has 2 atom stereocenters. The topological polar surface area (TPSA) is 74.6 Å². The summed E-state index contributed by atoms with van der Waals surface area (Å²) in [5, 5.41) is 0. The third-order valence-electron chi connectivity index (χ3n) is 0.333. The lowest BCUT2D eigenvalue weighted by atomic mass is 10.8. The van der Waals surface area contributed by atoms with E-state index in [1.165, 1.54) is 0 Å². The van der Waals surface area contributed by atoms with Gasteiger partial charge in [-0.2, -0.15) is 8.42 Å². The average molecular weight is 246 g/mol. The first kappa shape index (κ1) is 18.9. The fourth-order valence-corrected chi connectivity index (χ4v) is 0. The molecule has 0 aromatic carbocycles. The van der Waals surface area contributed by atoms with Crippen molar-refractivity contribution in [1.82, 2.24) is 0 Å². The zero-order chi connectivity index (χ0) is 11.3. The molecule has 0 radical (unpaired) electrons. The molecule has 0 fully saturated rings. The highest BCUT2D eigenvalue weighted by atomic mass is 32.3. The van der Waals surface area contributed by atoms with Crippen LogP contribution in [0.15, 0.2) is 25.3 Å². The van der Waals surface area contributed by atoms with E-state index in [2.05, 4.69) is 31.6 Å². The van der Waals surface area contributed by atoms with Gasteiger partial charge in [0.05, 0.1) is 0 Å². The first-order valence-electron chi connectivity index (χ1n) is 3.15. The fraction of sp³-hybridized carbons (Fsp3) is 0.333. The number of allylic oxidation sites excluding steroid dienone is 2. The molecule has 0 aromatic rings. The Balaban J connectivity index is -0.000000117. The summed E-state index contributed by atoms with van der Waals surface area (Å²) in [7, 11) is 0.407. The van der Waals surface area contributed by atoms with E-state index in [-0.39, 0.29) is 0 Å². The maximum atomic E-state index is 8.74. The molecule has 0 aliphatic heterocycles. The second-order valence-corrected chi connectivity index (χ2v) is 3.34. The van der Waals surface area contributed by atoms with Gasteiger partial charge in [0.2, 0.25) is 0 Å². The molecule has 4 nitrogen and oxygen atoms in total. The summed E-state index contributed by atoms with van der Waals surface area (Å²) in [5.74, 6) is 0. The molecule has 0 aliphatic rings. The van der Waals surface area contributed by atoms with Crippen molar-refractivity contribution in [2.24, 2.45) is 0 Å². The van der Waals surface area contributed by atoms with Gasteiger partial charge in [-0.05, 0) is 12.3 Å². The fourth-order valence-electron chi connectivity index (χ4n) is 0. The summed E-state index contributed by atoms with van der Waals surface area (Å²) < 4.78 is 31.6. The van der Waals surface area contributed by atoms with Crippen LogP contribution in [0.3, 0.4) is 0 Å². The SMILES string of the molecule is C=CCP.C=CCP.O=S(=O)(O)O. The third-order valence-corrected chi connectivity index (χ3v) is 1.00.